The van der Waals surface area contributed by atoms with Crippen LogP contribution in [0.25, 0.3) is 0 Å². The lowest BCUT2D eigenvalue weighted by atomic mass is 10.1. The van der Waals surface area contributed by atoms with Crippen LogP contribution < -0.4 is 0 Å². The third-order valence-electron chi connectivity index (χ3n) is 2.87. The van der Waals surface area contributed by atoms with Gasteiger partial charge in [-0.2, -0.15) is 0 Å². The third-order valence-corrected chi connectivity index (χ3v) is 2.87. The van der Waals surface area contributed by atoms with Gasteiger partial charge < -0.3 is 15.1 Å². The first kappa shape index (κ1) is 12.5. The standard InChI is InChI=1S/C10H14N4O4/c15-7-1-3-13(4-2-7)9(16)6-14-5-8(10(17)18)11-12-14/h5,7,15H,1-4,6H2,(H,17,18). The molecule has 8 heteroatoms. The molecule has 1 aromatic heterocycles. The summed E-state index contributed by atoms with van der Waals surface area (Å²) in [5.41, 5.74) is -0.183. The van der Waals surface area contributed by atoms with Crippen molar-refractivity contribution in [2.45, 2.75) is 25.5 Å². The normalized spacial score (nSPS) is 16.8. The number of aromatic carboxylic acids is 1. The van der Waals surface area contributed by atoms with Crippen LogP contribution in [0.4, 0.5) is 0 Å². The van der Waals surface area contributed by atoms with E-state index in [2.05, 4.69) is 10.3 Å². The van der Waals surface area contributed by atoms with Gasteiger partial charge in [0.2, 0.25) is 5.91 Å². The first-order chi connectivity index (χ1) is 8.56. The molecule has 1 aromatic rings. The topological polar surface area (TPSA) is 109 Å². The molecule has 0 atom stereocenters. The Kier molecular flexibility index (Phi) is 3.56. The summed E-state index contributed by atoms with van der Waals surface area (Å²) in [6, 6.07) is 0. The number of aliphatic hydroxyl groups is 1. The molecule has 1 aliphatic rings. The van der Waals surface area contributed by atoms with E-state index in [1.54, 1.807) is 4.90 Å². The Labute approximate surface area is 103 Å². The summed E-state index contributed by atoms with van der Waals surface area (Å²) < 4.78 is 1.21. The van der Waals surface area contributed by atoms with Gasteiger partial charge in [0.05, 0.1) is 12.3 Å². The average Bonchev–Trinajstić information content (AvgIpc) is 2.78. The minimum atomic E-state index is -1.17. The fourth-order valence-corrected chi connectivity index (χ4v) is 1.83. The molecule has 98 valence electrons. The fourth-order valence-electron chi connectivity index (χ4n) is 1.83. The van der Waals surface area contributed by atoms with E-state index in [9.17, 15) is 14.7 Å². The molecule has 1 saturated heterocycles. The fraction of sp³-hybridized carbons (Fsp3) is 0.600. The Balaban J connectivity index is 1.92. The summed E-state index contributed by atoms with van der Waals surface area (Å²) >= 11 is 0. The number of hydrogen-bond acceptors (Lipinski definition) is 5. The van der Waals surface area contributed by atoms with Crippen LogP contribution in [0.1, 0.15) is 23.3 Å². The van der Waals surface area contributed by atoms with Crippen LogP contribution >= 0.6 is 0 Å². The predicted molar refractivity (Wildman–Crippen MR) is 58.8 cm³/mol. The van der Waals surface area contributed by atoms with Crippen molar-refractivity contribution >= 4 is 11.9 Å². The second-order valence-corrected chi connectivity index (χ2v) is 4.22. The SMILES string of the molecule is O=C(O)c1cn(CC(=O)N2CCC(O)CC2)nn1. The molecular formula is C10H14N4O4. The molecule has 0 aromatic carbocycles. The number of carboxylic acid groups (broad SMARTS) is 1. The number of amides is 1. The van der Waals surface area contributed by atoms with Gasteiger partial charge in [-0.3, -0.25) is 4.79 Å². The number of nitrogens with zero attached hydrogens (tertiary/aromatic N) is 4. The van der Waals surface area contributed by atoms with Gasteiger partial charge >= 0.3 is 5.97 Å². The molecule has 8 nitrogen and oxygen atoms in total. The largest absolute Gasteiger partial charge is 0.476 e. The van der Waals surface area contributed by atoms with E-state index in [4.69, 9.17) is 5.11 Å². The highest BCUT2D eigenvalue weighted by Gasteiger charge is 2.22. The molecule has 2 N–H and O–H groups in total. The molecule has 0 unspecified atom stereocenters. The highest BCUT2D eigenvalue weighted by atomic mass is 16.4. The molecule has 0 saturated carbocycles. The maximum Gasteiger partial charge on any atom is 0.358 e. The van der Waals surface area contributed by atoms with E-state index in [1.165, 1.54) is 10.9 Å². The van der Waals surface area contributed by atoms with Crippen LogP contribution in [0.15, 0.2) is 6.20 Å². The maximum absolute atomic E-state index is 11.9. The molecule has 2 rings (SSSR count). The van der Waals surface area contributed by atoms with Crippen LogP contribution in [0.3, 0.4) is 0 Å². The minimum absolute atomic E-state index is 0.0314. The number of hydrogen-bond donors (Lipinski definition) is 2. The van der Waals surface area contributed by atoms with Gasteiger partial charge in [0, 0.05) is 13.1 Å². The third kappa shape index (κ3) is 2.83. The van der Waals surface area contributed by atoms with Gasteiger partial charge in [0.1, 0.15) is 6.54 Å². The van der Waals surface area contributed by atoms with E-state index < -0.39 is 5.97 Å². The molecule has 0 aliphatic carbocycles. The van der Waals surface area contributed by atoms with E-state index in [-0.39, 0.29) is 24.2 Å². The highest BCUT2D eigenvalue weighted by Crippen LogP contribution is 2.10. The lowest BCUT2D eigenvalue weighted by Crippen LogP contribution is -2.41. The van der Waals surface area contributed by atoms with Crippen molar-refractivity contribution in [3.8, 4) is 0 Å². The number of aromatic nitrogens is 3. The molecule has 1 amide bonds. The van der Waals surface area contributed by atoms with Gasteiger partial charge in [-0.1, -0.05) is 5.21 Å². The summed E-state index contributed by atoms with van der Waals surface area (Å²) in [6.07, 6.45) is 2.03. The van der Waals surface area contributed by atoms with E-state index in [1.807, 2.05) is 0 Å². The Hall–Kier alpha value is -1.96. The van der Waals surface area contributed by atoms with Gasteiger partial charge in [0.15, 0.2) is 5.69 Å². The lowest BCUT2D eigenvalue weighted by Gasteiger charge is -2.29. The Morgan fingerprint density at radius 2 is 2.06 bits per heavy atom. The summed E-state index contributed by atoms with van der Waals surface area (Å²) in [4.78, 5) is 24.1. The smallest absolute Gasteiger partial charge is 0.358 e. The average molecular weight is 254 g/mol. The van der Waals surface area contributed by atoms with Crippen LogP contribution in [-0.4, -0.2) is 61.2 Å². The summed E-state index contributed by atoms with van der Waals surface area (Å²) in [5.74, 6) is -1.32. The van der Waals surface area contributed by atoms with Crippen molar-refractivity contribution in [1.29, 1.82) is 0 Å². The van der Waals surface area contributed by atoms with Crippen molar-refractivity contribution in [3.05, 3.63) is 11.9 Å². The highest BCUT2D eigenvalue weighted by molar-refractivity contribution is 5.84. The number of carbonyl (C=O) groups excluding carboxylic acids is 1. The molecule has 0 spiro atoms. The Morgan fingerprint density at radius 1 is 1.39 bits per heavy atom. The van der Waals surface area contributed by atoms with Gasteiger partial charge in [-0.25, -0.2) is 9.48 Å². The molecule has 1 fully saturated rings. The van der Waals surface area contributed by atoms with Crippen molar-refractivity contribution < 1.29 is 19.8 Å². The molecule has 18 heavy (non-hydrogen) atoms. The number of likely N-dealkylation sites (tertiary alicyclic amines) is 1. The first-order valence-electron chi connectivity index (χ1n) is 5.65. The number of piperidine rings is 1. The monoisotopic (exact) mass is 254 g/mol. The zero-order valence-corrected chi connectivity index (χ0v) is 9.69. The van der Waals surface area contributed by atoms with Crippen molar-refractivity contribution in [2.24, 2.45) is 0 Å². The van der Waals surface area contributed by atoms with Crippen LogP contribution in [0.5, 0.6) is 0 Å². The van der Waals surface area contributed by atoms with Crippen molar-refractivity contribution in [2.75, 3.05) is 13.1 Å². The van der Waals surface area contributed by atoms with E-state index in [0.29, 0.717) is 25.9 Å². The summed E-state index contributed by atoms with van der Waals surface area (Å²) in [7, 11) is 0. The number of aliphatic hydroxyl groups excluding tert-OH is 1. The number of carboxylic acids is 1. The summed E-state index contributed by atoms with van der Waals surface area (Å²) in [5, 5.41) is 25.0. The molecule has 0 radical (unpaired) electrons. The molecular weight excluding hydrogens is 240 g/mol. The quantitative estimate of drug-likeness (QED) is 0.713. The second kappa shape index (κ2) is 5.13. The summed E-state index contributed by atoms with van der Waals surface area (Å²) in [6.45, 7) is 0.997. The number of rotatable bonds is 3. The molecule has 2 heterocycles. The van der Waals surface area contributed by atoms with Gasteiger partial charge in [-0.15, -0.1) is 5.10 Å². The molecule has 1 aliphatic heterocycles. The van der Waals surface area contributed by atoms with Gasteiger partial charge in [-0.05, 0) is 12.8 Å². The zero-order chi connectivity index (χ0) is 13.1. The van der Waals surface area contributed by atoms with Crippen molar-refractivity contribution in [3.63, 3.8) is 0 Å². The zero-order valence-electron chi connectivity index (χ0n) is 9.69. The van der Waals surface area contributed by atoms with Crippen LogP contribution in [0.2, 0.25) is 0 Å². The number of carbonyl (C=O) groups is 2. The maximum atomic E-state index is 11.9. The predicted octanol–water partition coefficient (Wildman–Crippen LogP) is -1.04. The lowest BCUT2D eigenvalue weighted by molar-refractivity contribution is -0.134. The second-order valence-electron chi connectivity index (χ2n) is 4.22. The van der Waals surface area contributed by atoms with E-state index >= 15 is 0 Å². The Bertz CT molecular complexity index is 450. The van der Waals surface area contributed by atoms with E-state index in [0.717, 1.165) is 0 Å². The van der Waals surface area contributed by atoms with Crippen LogP contribution in [0, 0.1) is 0 Å². The van der Waals surface area contributed by atoms with Gasteiger partial charge in [0.25, 0.3) is 0 Å². The van der Waals surface area contributed by atoms with Crippen LogP contribution in [-0.2, 0) is 11.3 Å². The Morgan fingerprint density at radius 3 is 2.61 bits per heavy atom. The molecule has 0 bridgehead atoms. The first-order valence-corrected chi connectivity index (χ1v) is 5.65. The minimum Gasteiger partial charge on any atom is -0.476 e. The van der Waals surface area contributed by atoms with Crippen molar-refractivity contribution in [1.82, 2.24) is 19.9 Å².